The zero-order valence-corrected chi connectivity index (χ0v) is 11.2. The first kappa shape index (κ1) is 13.8. The first-order valence-corrected chi connectivity index (χ1v) is 7.46. The topological polar surface area (TPSA) is 50.4 Å². The van der Waals surface area contributed by atoms with E-state index >= 15 is 0 Å². The summed E-state index contributed by atoms with van der Waals surface area (Å²) >= 11 is 0. The van der Waals surface area contributed by atoms with Gasteiger partial charge in [0.1, 0.15) is 0 Å². The summed E-state index contributed by atoms with van der Waals surface area (Å²) in [6, 6.07) is 0. The van der Waals surface area contributed by atoms with Gasteiger partial charge in [-0.2, -0.15) is 0 Å². The van der Waals surface area contributed by atoms with Gasteiger partial charge >= 0.3 is 0 Å². The van der Waals surface area contributed by atoms with Crippen molar-refractivity contribution in [3.63, 3.8) is 0 Å². The van der Waals surface area contributed by atoms with Crippen molar-refractivity contribution in [3.8, 4) is 0 Å². The van der Waals surface area contributed by atoms with Crippen LogP contribution in [0, 0.1) is 5.92 Å². The van der Waals surface area contributed by atoms with Crippen LogP contribution in [0.1, 0.15) is 44.9 Å². The Hall–Kier alpha value is -0.610. The van der Waals surface area contributed by atoms with Gasteiger partial charge in [-0.1, -0.05) is 19.3 Å². The van der Waals surface area contributed by atoms with Gasteiger partial charge in [0.25, 0.3) is 0 Å². The van der Waals surface area contributed by atoms with E-state index in [-0.39, 0.29) is 11.8 Å². The molecular formula is C14H26N2O2. The highest BCUT2D eigenvalue weighted by Gasteiger charge is 2.20. The van der Waals surface area contributed by atoms with Gasteiger partial charge in [-0.25, -0.2) is 0 Å². The lowest BCUT2D eigenvalue weighted by molar-refractivity contribution is -0.125. The normalized spacial score (nSPS) is 25.9. The Bertz CT molecular complexity index is 246. The summed E-state index contributed by atoms with van der Waals surface area (Å²) in [4.78, 5) is 11.8. The average molecular weight is 254 g/mol. The van der Waals surface area contributed by atoms with Crippen LogP contribution in [0.4, 0.5) is 0 Å². The molecule has 1 unspecified atom stereocenters. The molecule has 2 rings (SSSR count). The molecule has 1 saturated heterocycles. The lowest BCUT2D eigenvalue weighted by Gasteiger charge is -2.23. The van der Waals surface area contributed by atoms with Crippen LogP contribution in [-0.2, 0) is 9.53 Å². The number of rotatable bonds is 5. The fourth-order valence-electron chi connectivity index (χ4n) is 2.85. The number of carbonyl (C=O) groups excluding carboxylic acids is 1. The molecule has 1 aliphatic carbocycles. The zero-order chi connectivity index (χ0) is 12.6. The number of ether oxygens (including phenoxy) is 1. The van der Waals surface area contributed by atoms with Gasteiger partial charge in [0, 0.05) is 13.1 Å². The monoisotopic (exact) mass is 254 g/mol. The van der Waals surface area contributed by atoms with Crippen molar-refractivity contribution in [1.82, 2.24) is 10.6 Å². The lowest BCUT2D eigenvalue weighted by Crippen LogP contribution is -2.41. The molecule has 18 heavy (non-hydrogen) atoms. The van der Waals surface area contributed by atoms with Crippen LogP contribution in [0.3, 0.4) is 0 Å². The number of piperidine rings is 1. The van der Waals surface area contributed by atoms with E-state index in [1.807, 2.05) is 0 Å². The van der Waals surface area contributed by atoms with Crippen LogP contribution < -0.4 is 10.6 Å². The molecule has 104 valence electrons. The Balaban J connectivity index is 1.52. The molecule has 1 amide bonds. The van der Waals surface area contributed by atoms with Crippen LogP contribution >= 0.6 is 0 Å². The molecule has 4 heteroatoms. The Morgan fingerprint density at radius 2 is 2.00 bits per heavy atom. The third kappa shape index (κ3) is 4.58. The highest BCUT2D eigenvalue weighted by Crippen LogP contribution is 2.19. The smallest absolute Gasteiger partial charge is 0.224 e. The molecule has 1 atom stereocenters. The van der Waals surface area contributed by atoms with Crippen molar-refractivity contribution in [2.24, 2.45) is 5.92 Å². The van der Waals surface area contributed by atoms with Crippen LogP contribution in [0.2, 0.25) is 0 Å². The number of hydrogen-bond acceptors (Lipinski definition) is 3. The zero-order valence-electron chi connectivity index (χ0n) is 11.2. The molecule has 0 aromatic heterocycles. The second-order valence-corrected chi connectivity index (χ2v) is 5.47. The maximum Gasteiger partial charge on any atom is 0.224 e. The number of carbonyl (C=O) groups is 1. The molecule has 2 fully saturated rings. The maximum absolute atomic E-state index is 11.8. The van der Waals surface area contributed by atoms with E-state index in [2.05, 4.69) is 10.6 Å². The van der Waals surface area contributed by atoms with Crippen molar-refractivity contribution in [2.45, 2.75) is 51.0 Å². The van der Waals surface area contributed by atoms with Crippen molar-refractivity contribution in [2.75, 3.05) is 26.2 Å². The molecule has 1 heterocycles. The lowest BCUT2D eigenvalue weighted by atomic mass is 9.98. The minimum absolute atomic E-state index is 0.161. The molecule has 0 spiro atoms. The van der Waals surface area contributed by atoms with Gasteiger partial charge in [-0.15, -0.1) is 0 Å². The molecule has 0 bridgehead atoms. The largest absolute Gasteiger partial charge is 0.376 e. The summed E-state index contributed by atoms with van der Waals surface area (Å²) in [5.41, 5.74) is 0. The van der Waals surface area contributed by atoms with E-state index in [0.29, 0.717) is 19.3 Å². The maximum atomic E-state index is 11.8. The minimum Gasteiger partial charge on any atom is -0.376 e. The molecule has 0 radical (unpaired) electrons. The van der Waals surface area contributed by atoms with E-state index in [4.69, 9.17) is 4.74 Å². The number of hydrogen-bond donors (Lipinski definition) is 2. The third-order valence-corrected chi connectivity index (χ3v) is 3.97. The van der Waals surface area contributed by atoms with Crippen molar-refractivity contribution < 1.29 is 9.53 Å². The van der Waals surface area contributed by atoms with Crippen molar-refractivity contribution in [3.05, 3.63) is 0 Å². The molecule has 0 aromatic rings. The Morgan fingerprint density at radius 3 is 2.72 bits per heavy atom. The molecule has 0 aromatic carbocycles. The van der Waals surface area contributed by atoms with E-state index in [9.17, 15) is 4.79 Å². The average Bonchev–Trinajstić information content (AvgIpc) is 2.45. The predicted molar refractivity (Wildman–Crippen MR) is 71.4 cm³/mol. The molecular weight excluding hydrogens is 228 g/mol. The quantitative estimate of drug-likeness (QED) is 0.730. The first-order chi connectivity index (χ1) is 8.86. The van der Waals surface area contributed by atoms with E-state index in [1.165, 1.54) is 32.1 Å². The van der Waals surface area contributed by atoms with Crippen LogP contribution in [0.25, 0.3) is 0 Å². The van der Waals surface area contributed by atoms with Gasteiger partial charge in [-0.3, -0.25) is 4.79 Å². The second kappa shape index (κ2) is 7.74. The Morgan fingerprint density at radius 1 is 1.17 bits per heavy atom. The fourth-order valence-corrected chi connectivity index (χ4v) is 2.85. The molecule has 1 aliphatic heterocycles. The summed E-state index contributed by atoms with van der Waals surface area (Å²) in [6.45, 7) is 3.20. The first-order valence-electron chi connectivity index (χ1n) is 7.46. The van der Waals surface area contributed by atoms with Gasteiger partial charge in [0.05, 0.1) is 18.6 Å². The minimum atomic E-state index is 0.161. The van der Waals surface area contributed by atoms with E-state index < -0.39 is 0 Å². The standard InChI is InChI=1S/C14H26N2O2/c17-14(12-5-4-8-15-11-12)16-9-10-18-13-6-2-1-3-7-13/h12-13,15H,1-11H2,(H,16,17). The van der Waals surface area contributed by atoms with Gasteiger partial charge in [0.2, 0.25) is 5.91 Å². The fraction of sp³-hybridized carbons (Fsp3) is 0.929. The highest BCUT2D eigenvalue weighted by molar-refractivity contribution is 5.78. The summed E-state index contributed by atoms with van der Waals surface area (Å²) in [6.07, 6.45) is 8.90. The Kier molecular flexibility index (Phi) is 5.94. The Labute approximate surface area is 110 Å². The molecule has 2 aliphatic rings. The van der Waals surface area contributed by atoms with Crippen LogP contribution in [0.15, 0.2) is 0 Å². The van der Waals surface area contributed by atoms with Gasteiger partial charge in [-0.05, 0) is 32.2 Å². The SMILES string of the molecule is O=C(NCCOC1CCCCC1)C1CCCNC1. The molecule has 1 saturated carbocycles. The summed E-state index contributed by atoms with van der Waals surface area (Å²) in [7, 11) is 0. The molecule has 4 nitrogen and oxygen atoms in total. The van der Waals surface area contributed by atoms with Crippen molar-refractivity contribution in [1.29, 1.82) is 0 Å². The van der Waals surface area contributed by atoms with Gasteiger partial charge < -0.3 is 15.4 Å². The van der Waals surface area contributed by atoms with Gasteiger partial charge in [0.15, 0.2) is 0 Å². The number of amides is 1. The van der Waals surface area contributed by atoms with E-state index in [0.717, 1.165) is 25.9 Å². The second-order valence-electron chi connectivity index (χ2n) is 5.47. The van der Waals surface area contributed by atoms with Crippen LogP contribution in [-0.4, -0.2) is 38.3 Å². The van der Waals surface area contributed by atoms with Crippen LogP contribution in [0.5, 0.6) is 0 Å². The summed E-state index contributed by atoms with van der Waals surface area (Å²) < 4.78 is 5.79. The highest BCUT2D eigenvalue weighted by atomic mass is 16.5. The molecule has 2 N–H and O–H groups in total. The van der Waals surface area contributed by atoms with E-state index in [1.54, 1.807) is 0 Å². The predicted octanol–water partition coefficient (Wildman–Crippen LogP) is 1.45. The number of nitrogens with one attached hydrogen (secondary N) is 2. The summed E-state index contributed by atoms with van der Waals surface area (Å²) in [5, 5.41) is 6.25. The van der Waals surface area contributed by atoms with Crippen molar-refractivity contribution >= 4 is 5.91 Å². The summed E-state index contributed by atoms with van der Waals surface area (Å²) in [5.74, 6) is 0.350. The third-order valence-electron chi connectivity index (χ3n) is 3.97.